The number of nitrogens with zero attached hydrogens (tertiary/aromatic N) is 1. The summed E-state index contributed by atoms with van der Waals surface area (Å²) in [5.74, 6) is 0. The number of hydrogen-bond acceptors (Lipinski definition) is 1. The summed E-state index contributed by atoms with van der Waals surface area (Å²) in [5, 5.41) is 0. The van der Waals surface area contributed by atoms with Gasteiger partial charge in [-0.05, 0) is 40.5 Å². The summed E-state index contributed by atoms with van der Waals surface area (Å²) >= 11 is 0. The van der Waals surface area contributed by atoms with E-state index in [1.807, 2.05) is 0 Å². The molecule has 0 aromatic heterocycles. The van der Waals surface area contributed by atoms with Crippen LogP contribution in [0.25, 0.3) is 0 Å². The van der Waals surface area contributed by atoms with Crippen molar-refractivity contribution in [2.45, 2.75) is 78.8 Å². The molecule has 0 fully saturated rings. The van der Waals surface area contributed by atoms with Gasteiger partial charge in [0.1, 0.15) is 0 Å². The van der Waals surface area contributed by atoms with Gasteiger partial charge in [0.05, 0.1) is 0 Å². The van der Waals surface area contributed by atoms with Gasteiger partial charge in [-0.25, -0.2) is 0 Å². The van der Waals surface area contributed by atoms with Crippen molar-refractivity contribution in [3.05, 3.63) is 12.2 Å². The van der Waals surface area contributed by atoms with Crippen molar-refractivity contribution in [1.29, 1.82) is 0 Å². The van der Waals surface area contributed by atoms with Gasteiger partial charge in [-0.3, -0.25) is 4.90 Å². The Morgan fingerprint density at radius 1 is 0.875 bits per heavy atom. The molecule has 0 radical (unpaired) electrons. The second-order valence-electron chi connectivity index (χ2n) is 5.21. The summed E-state index contributed by atoms with van der Waals surface area (Å²) in [5.41, 5.74) is 0. The predicted molar refractivity (Wildman–Crippen MR) is 74.9 cm³/mol. The van der Waals surface area contributed by atoms with Gasteiger partial charge in [-0.1, -0.05) is 38.3 Å². The van der Waals surface area contributed by atoms with Gasteiger partial charge < -0.3 is 0 Å². The molecule has 0 amide bonds. The molecule has 0 aliphatic carbocycles. The Hall–Kier alpha value is -0.300. The normalized spacial score (nSPS) is 12.5. The van der Waals surface area contributed by atoms with Gasteiger partial charge in [0.15, 0.2) is 0 Å². The van der Waals surface area contributed by atoms with Gasteiger partial charge in [-0.15, -0.1) is 0 Å². The molecule has 0 saturated heterocycles. The van der Waals surface area contributed by atoms with Crippen molar-refractivity contribution >= 4 is 0 Å². The van der Waals surface area contributed by atoms with Crippen LogP contribution in [0.1, 0.15) is 66.7 Å². The molecule has 0 N–H and O–H groups in total. The van der Waals surface area contributed by atoms with Gasteiger partial charge >= 0.3 is 0 Å². The molecule has 1 heteroatoms. The molecular weight excluding hydrogens is 194 g/mol. The second kappa shape index (κ2) is 9.89. The minimum atomic E-state index is 0.643. The third-order valence-corrected chi connectivity index (χ3v) is 3.03. The zero-order valence-electron chi connectivity index (χ0n) is 12.0. The summed E-state index contributed by atoms with van der Waals surface area (Å²) in [4.78, 5) is 2.52. The molecule has 1 nitrogen and oxygen atoms in total. The van der Waals surface area contributed by atoms with E-state index in [1.54, 1.807) is 0 Å². The van der Waals surface area contributed by atoms with E-state index in [1.165, 1.54) is 32.1 Å². The Balaban J connectivity index is 3.63. The van der Waals surface area contributed by atoms with E-state index in [-0.39, 0.29) is 0 Å². The van der Waals surface area contributed by atoms with E-state index < -0.39 is 0 Å². The highest BCUT2D eigenvalue weighted by Crippen LogP contribution is 2.06. The third-order valence-electron chi connectivity index (χ3n) is 3.03. The molecule has 16 heavy (non-hydrogen) atoms. The van der Waals surface area contributed by atoms with E-state index in [0.29, 0.717) is 12.1 Å². The van der Waals surface area contributed by atoms with Crippen molar-refractivity contribution in [2.75, 3.05) is 6.54 Å². The Bertz CT molecular complexity index is 162. The first-order chi connectivity index (χ1) is 7.59. The van der Waals surface area contributed by atoms with Gasteiger partial charge in [0, 0.05) is 18.6 Å². The number of hydrogen-bond donors (Lipinski definition) is 0. The maximum atomic E-state index is 2.52. The quantitative estimate of drug-likeness (QED) is 0.408. The average molecular weight is 225 g/mol. The lowest BCUT2D eigenvalue weighted by molar-refractivity contribution is 0.196. The van der Waals surface area contributed by atoms with Crippen LogP contribution in [0, 0.1) is 0 Å². The number of unbranched alkanes of at least 4 members (excludes halogenated alkanes) is 4. The fourth-order valence-corrected chi connectivity index (χ4v) is 2.02. The van der Waals surface area contributed by atoms with Crippen LogP contribution in [0.5, 0.6) is 0 Å². The van der Waals surface area contributed by atoms with E-state index in [0.717, 1.165) is 6.54 Å². The molecule has 0 aromatic carbocycles. The molecule has 0 aliphatic rings. The molecular formula is C15H31N. The van der Waals surface area contributed by atoms with E-state index in [9.17, 15) is 0 Å². The van der Waals surface area contributed by atoms with Crippen LogP contribution in [0.3, 0.4) is 0 Å². The summed E-state index contributed by atoms with van der Waals surface area (Å²) < 4.78 is 0. The van der Waals surface area contributed by atoms with Crippen LogP contribution >= 0.6 is 0 Å². The van der Waals surface area contributed by atoms with Crippen LogP contribution < -0.4 is 0 Å². The topological polar surface area (TPSA) is 3.24 Å². The van der Waals surface area contributed by atoms with Crippen molar-refractivity contribution in [1.82, 2.24) is 4.90 Å². The minimum absolute atomic E-state index is 0.643. The Morgan fingerprint density at radius 2 is 1.50 bits per heavy atom. The van der Waals surface area contributed by atoms with Crippen molar-refractivity contribution < 1.29 is 0 Å². The van der Waals surface area contributed by atoms with E-state index in [4.69, 9.17) is 0 Å². The standard InChI is InChI=1S/C15H31N/c1-6-7-8-9-10-11-12-13-16(14(2)3)15(4)5/h11-12,14-15H,6-10,13H2,1-5H3/b12-11+. The third kappa shape index (κ3) is 7.92. The highest BCUT2D eigenvalue weighted by Gasteiger charge is 2.10. The molecule has 0 bridgehead atoms. The lowest BCUT2D eigenvalue weighted by Gasteiger charge is -2.29. The first-order valence-corrected chi connectivity index (χ1v) is 7.00. The molecule has 0 aliphatic heterocycles. The fourth-order valence-electron chi connectivity index (χ4n) is 2.02. The van der Waals surface area contributed by atoms with Gasteiger partial charge in [0.2, 0.25) is 0 Å². The summed E-state index contributed by atoms with van der Waals surface area (Å²) in [7, 11) is 0. The summed E-state index contributed by atoms with van der Waals surface area (Å²) in [6.07, 6.45) is 11.4. The molecule has 96 valence electrons. The summed E-state index contributed by atoms with van der Waals surface area (Å²) in [6, 6.07) is 1.29. The van der Waals surface area contributed by atoms with Crippen LogP contribution in [-0.4, -0.2) is 23.5 Å². The largest absolute Gasteiger partial charge is 0.295 e. The second-order valence-corrected chi connectivity index (χ2v) is 5.21. The van der Waals surface area contributed by atoms with Crippen molar-refractivity contribution in [3.8, 4) is 0 Å². The fraction of sp³-hybridized carbons (Fsp3) is 0.867. The monoisotopic (exact) mass is 225 g/mol. The maximum Gasteiger partial charge on any atom is 0.0168 e. The lowest BCUT2D eigenvalue weighted by atomic mass is 10.1. The van der Waals surface area contributed by atoms with Crippen LogP contribution in [0.2, 0.25) is 0 Å². The van der Waals surface area contributed by atoms with Crippen LogP contribution in [0.4, 0.5) is 0 Å². The SMILES string of the molecule is CCCCCC/C=C/CN(C(C)C)C(C)C. The molecule has 0 spiro atoms. The smallest absolute Gasteiger partial charge is 0.0168 e. The van der Waals surface area contributed by atoms with E-state index >= 15 is 0 Å². The Kier molecular flexibility index (Phi) is 9.71. The molecule has 0 unspecified atom stereocenters. The first kappa shape index (κ1) is 15.7. The number of allylic oxidation sites excluding steroid dienone is 1. The highest BCUT2D eigenvalue weighted by molar-refractivity contribution is 4.86. The predicted octanol–water partition coefficient (Wildman–Crippen LogP) is 4.63. The molecule has 0 aromatic rings. The Morgan fingerprint density at radius 3 is 2.00 bits per heavy atom. The van der Waals surface area contributed by atoms with Crippen molar-refractivity contribution in [2.24, 2.45) is 0 Å². The van der Waals surface area contributed by atoms with Gasteiger partial charge in [0.25, 0.3) is 0 Å². The van der Waals surface area contributed by atoms with Crippen molar-refractivity contribution in [3.63, 3.8) is 0 Å². The lowest BCUT2D eigenvalue weighted by Crippen LogP contribution is -2.36. The van der Waals surface area contributed by atoms with Crippen LogP contribution in [-0.2, 0) is 0 Å². The molecule has 0 heterocycles. The van der Waals surface area contributed by atoms with E-state index in [2.05, 4.69) is 51.7 Å². The number of rotatable bonds is 9. The minimum Gasteiger partial charge on any atom is -0.295 e. The average Bonchev–Trinajstić information content (AvgIpc) is 2.21. The van der Waals surface area contributed by atoms with Gasteiger partial charge in [-0.2, -0.15) is 0 Å². The molecule has 0 atom stereocenters. The zero-order valence-corrected chi connectivity index (χ0v) is 12.0. The van der Waals surface area contributed by atoms with Crippen LogP contribution in [0.15, 0.2) is 12.2 Å². The zero-order chi connectivity index (χ0) is 12.4. The summed E-state index contributed by atoms with van der Waals surface area (Å²) in [6.45, 7) is 12.5. The molecule has 0 rings (SSSR count). The first-order valence-electron chi connectivity index (χ1n) is 7.00. The molecule has 0 saturated carbocycles. The Labute approximate surface area is 103 Å². The highest BCUT2D eigenvalue weighted by atomic mass is 15.2. The maximum absolute atomic E-state index is 2.52.